The Morgan fingerprint density at radius 1 is 1.12 bits per heavy atom. The van der Waals surface area contributed by atoms with Crippen LogP contribution >= 0.6 is 11.6 Å². The molecule has 14 nitrogen and oxygen atoms in total. The lowest BCUT2D eigenvalue weighted by molar-refractivity contribution is -0.244. The number of alkyl halides is 3. The molecular weight excluding hydrogens is 807 g/mol. The summed E-state index contributed by atoms with van der Waals surface area (Å²) in [5.41, 5.74) is -4.55. The predicted octanol–water partition coefficient (Wildman–Crippen LogP) is 5.57. The summed E-state index contributed by atoms with van der Waals surface area (Å²) in [5.74, 6) is -3.29. The Morgan fingerprint density at radius 3 is 2.48 bits per heavy atom. The van der Waals surface area contributed by atoms with E-state index in [0.29, 0.717) is 67.5 Å². The number of alkyl carbamates (subject to hydrolysis) is 1. The van der Waals surface area contributed by atoms with Crippen LogP contribution in [0.15, 0.2) is 36.5 Å². The Hall–Kier alpha value is -4.32. The highest BCUT2D eigenvalue weighted by Gasteiger charge is 2.63. The van der Waals surface area contributed by atoms with Crippen LogP contribution in [-0.2, 0) is 29.1 Å². The Balaban J connectivity index is 1.36. The molecule has 2 aliphatic heterocycles. The first-order valence-electron chi connectivity index (χ1n) is 19.2. The third kappa shape index (κ3) is 8.54. The van der Waals surface area contributed by atoms with E-state index in [9.17, 15) is 40.8 Å². The fraction of sp³-hybridized carbons (Fsp3) is 0.615. The third-order valence-corrected chi connectivity index (χ3v) is 14.3. The monoisotopic (exact) mass is 855 g/mol. The van der Waals surface area contributed by atoms with Gasteiger partial charge in [0.15, 0.2) is 0 Å². The summed E-state index contributed by atoms with van der Waals surface area (Å²) in [7, 11) is -2.64. The summed E-state index contributed by atoms with van der Waals surface area (Å²) >= 11 is 6.51. The Morgan fingerprint density at radius 2 is 1.83 bits per heavy atom. The van der Waals surface area contributed by atoms with E-state index in [1.54, 1.807) is 31.2 Å². The number of carbonyl (C=O) groups excluding carboxylic acids is 4. The molecule has 2 aromatic rings. The average Bonchev–Trinajstić information content (AvgIpc) is 4.01. The second-order valence-electron chi connectivity index (χ2n) is 16.8. The van der Waals surface area contributed by atoms with E-state index in [-0.39, 0.29) is 31.2 Å². The van der Waals surface area contributed by atoms with Gasteiger partial charge < -0.3 is 29.7 Å². The zero-order valence-electron chi connectivity index (χ0n) is 33.1. The fourth-order valence-electron chi connectivity index (χ4n) is 7.65. The van der Waals surface area contributed by atoms with Crippen molar-refractivity contribution in [2.75, 3.05) is 13.7 Å². The van der Waals surface area contributed by atoms with Crippen LogP contribution in [0, 0.1) is 17.8 Å². The van der Waals surface area contributed by atoms with Gasteiger partial charge in [-0.2, -0.15) is 13.2 Å². The fourth-order valence-corrected chi connectivity index (χ4v) is 9.23. The molecule has 7 atom stereocenters. The van der Waals surface area contributed by atoms with Crippen molar-refractivity contribution in [3.63, 3.8) is 0 Å². The number of carbonyl (C=O) groups is 4. The molecule has 3 fully saturated rings. The number of sulfonamides is 1. The molecule has 2 saturated carbocycles. The topological polar surface area (TPSA) is 182 Å². The molecule has 1 saturated heterocycles. The number of halogens is 4. The molecule has 0 radical (unpaired) electrons. The van der Waals surface area contributed by atoms with Crippen molar-refractivity contribution in [1.29, 1.82) is 0 Å². The Labute approximate surface area is 340 Å². The number of methoxy groups -OCH3 is 1. The van der Waals surface area contributed by atoms with E-state index in [2.05, 4.69) is 20.3 Å². The first-order chi connectivity index (χ1) is 27.0. The maximum Gasteiger partial charge on any atom is 0.427 e. The van der Waals surface area contributed by atoms with Crippen LogP contribution in [0.3, 0.4) is 0 Å². The lowest BCUT2D eigenvalue weighted by Crippen LogP contribution is -2.59. The van der Waals surface area contributed by atoms with Gasteiger partial charge in [0.2, 0.25) is 33.3 Å². The minimum Gasteiger partial charge on any atom is -0.494 e. The van der Waals surface area contributed by atoms with Crippen molar-refractivity contribution >= 4 is 56.2 Å². The number of fused-ring (bicyclic) bond motifs is 3. The van der Waals surface area contributed by atoms with Crippen molar-refractivity contribution < 1.29 is 55.0 Å². The van der Waals surface area contributed by atoms with Gasteiger partial charge in [-0.25, -0.2) is 18.2 Å². The highest BCUT2D eigenvalue weighted by molar-refractivity contribution is 7.91. The molecule has 0 bridgehead atoms. The molecule has 318 valence electrons. The zero-order valence-corrected chi connectivity index (χ0v) is 34.6. The third-order valence-electron chi connectivity index (χ3n) is 11.8. The number of nitrogens with one attached hydrogen (secondary N) is 3. The highest BCUT2D eigenvalue weighted by atomic mass is 35.5. The van der Waals surface area contributed by atoms with Gasteiger partial charge in [-0.15, -0.1) is 0 Å². The quantitative estimate of drug-likeness (QED) is 0.284. The van der Waals surface area contributed by atoms with Gasteiger partial charge in [0.1, 0.15) is 29.5 Å². The normalized spacial score (nSPS) is 28.9. The van der Waals surface area contributed by atoms with Gasteiger partial charge in [0.25, 0.3) is 5.91 Å². The molecule has 0 unspecified atom stereocenters. The summed E-state index contributed by atoms with van der Waals surface area (Å²) in [5, 5.41) is 6.47. The maximum absolute atomic E-state index is 14.8. The number of pyridine rings is 1. The van der Waals surface area contributed by atoms with Crippen LogP contribution in [-0.4, -0.2) is 96.0 Å². The Kier molecular flexibility index (Phi) is 11.7. The van der Waals surface area contributed by atoms with Crippen LogP contribution in [0.5, 0.6) is 11.6 Å². The SMILES string of the molecule is COc1cnc(O[C@@H]2C[C@H]3C(=O)N[C@]4(C(=O)NS(=O)(=O)C5(C)CC5)C[C@H]4C=CCC[C@@H](C)C[C@@H](C)[C@H](NC(=O)OC(C)(C)C(F)(F)F)C(=O)N3C2)c2cccc(Cl)c12. The van der Waals surface area contributed by atoms with E-state index < -0.39 is 85.9 Å². The number of rotatable bonds is 8. The largest absolute Gasteiger partial charge is 0.494 e. The number of amides is 4. The lowest BCUT2D eigenvalue weighted by Gasteiger charge is -2.34. The molecule has 4 amide bonds. The van der Waals surface area contributed by atoms with Crippen LogP contribution in [0.25, 0.3) is 10.8 Å². The molecule has 0 spiro atoms. The second-order valence-corrected chi connectivity index (χ2v) is 19.4. The van der Waals surface area contributed by atoms with E-state index in [4.69, 9.17) is 25.8 Å². The number of hydrogen-bond acceptors (Lipinski definition) is 10. The van der Waals surface area contributed by atoms with Gasteiger partial charge >= 0.3 is 12.3 Å². The standard InChI is InChI=1S/C39H49ClF3N5O9S/c1-21-10-7-8-11-23-18-38(23,34(51)47-58(53,54)37(5)14-15-37)46-31(49)27-17-24(56-32-25-12-9-13-26(40)29(25)28(55-6)19-44-32)20-48(27)33(50)30(22(2)16-21)45-35(52)57-36(3,4)39(41,42)43/h8-9,11-13,19,21-24,27,30H,7,10,14-18,20H2,1-6H3,(H,45,52)(H,46,49)(H,47,51)/t21-,22-,23-,24-,27+,30+,38-/m1/s1. The molecule has 3 heterocycles. The van der Waals surface area contributed by atoms with Gasteiger partial charge in [0, 0.05) is 23.1 Å². The van der Waals surface area contributed by atoms with Crippen molar-refractivity contribution in [3.05, 3.63) is 41.6 Å². The molecule has 58 heavy (non-hydrogen) atoms. The minimum atomic E-state index is -4.92. The number of benzene rings is 1. The average molecular weight is 856 g/mol. The van der Waals surface area contributed by atoms with E-state index >= 15 is 0 Å². The second kappa shape index (κ2) is 15.7. The highest BCUT2D eigenvalue weighted by Crippen LogP contribution is 2.48. The van der Waals surface area contributed by atoms with Crippen molar-refractivity contribution in [2.45, 2.75) is 120 Å². The molecule has 1 aromatic heterocycles. The lowest BCUT2D eigenvalue weighted by atomic mass is 9.88. The van der Waals surface area contributed by atoms with Crippen molar-refractivity contribution in [3.8, 4) is 11.6 Å². The number of allylic oxidation sites excluding steroid dienone is 1. The van der Waals surface area contributed by atoms with Crippen LogP contribution in [0.2, 0.25) is 5.02 Å². The first-order valence-corrected chi connectivity index (χ1v) is 21.1. The van der Waals surface area contributed by atoms with E-state index in [1.807, 2.05) is 13.0 Å². The van der Waals surface area contributed by atoms with Gasteiger partial charge in [-0.05, 0) is 83.3 Å². The minimum absolute atomic E-state index is 0.0485. The number of hydrogen-bond donors (Lipinski definition) is 3. The number of nitrogens with zero attached hydrogens (tertiary/aromatic N) is 2. The predicted molar refractivity (Wildman–Crippen MR) is 206 cm³/mol. The van der Waals surface area contributed by atoms with Crippen molar-refractivity contribution in [2.24, 2.45) is 17.8 Å². The van der Waals surface area contributed by atoms with Gasteiger partial charge in [-0.1, -0.05) is 43.7 Å². The molecule has 6 rings (SSSR count). The Bertz CT molecular complexity index is 2110. The first kappa shape index (κ1) is 43.3. The molecule has 4 aliphatic rings. The summed E-state index contributed by atoms with van der Waals surface area (Å²) < 4.78 is 85.3. The van der Waals surface area contributed by atoms with Crippen LogP contribution < -0.4 is 24.8 Å². The smallest absolute Gasteiger partial charge is 0.427 e. The van der Waals surface area contributed by atoms with Crippen LogP contribution in [0.1, 0.15) is 79.6 Å². The summed E-state index contributed by atoms with van der Waals surface area (Å²) in [6.45, 7) is 6.26. The van der Waals surface area contributed by atoms with Gasteiger partial charge in [-0.3, -0.25) is 19.1 Å². The molecule has 3 N–H and O–H groups in total. The zero-order chi connectivity index (χ0) is 42.6. The summed E-state index contributed by atoms with van der Waals surface area (Å²) in [6.07, 6.45) is -0.103. The summed E-state index contributed by atoms with van der Waals surface area (Å²) in [4.78, 5) is 61.9. The number of aromatic nitrogens is 1. The summed E-state index contributed by atoms with van der Waals surface area (Å²) in [6, 6.07) is 2.24. The molecule has 19 heteroatoms. The maximum atomic E-state index is 14.8. The molecular formula is C39H49ClF3N5O9S. The number of ether oxygens (including phenoxy) is 3. The molecule has 2 aliphatic carbocycles. The molecule has 1 aromatic carbocycles. The van der Waals surface area contributed by atoms with Crippen LogP contribution in [0.4, 0.5) is 18.0 Å². The van der Waals surface area contributed by atoms with Crippen molar-refractivity contribution in [1.82, 2.24) is 25.2 Å². The van der Waals surface area contributed by atoms with E-state index in [0.717, 1.165) is 0 Å². The van der Waals surface area contributed by atoms with E-state index in [1.165, 1.54) is 25.1 Å². The van der Waals surface area contributed by atoms with Gasteiger partial charge in [0.05, 0.1) is 29.6 Å².